The van der Waals surface area contributed by atoms with Gasteiger partial charge in [-0.1, -0.05) is 32.1 Å². The second-order valence-corrected chi connectivity index (χ2v) is 2.77. The molecule has 0 bridgehead atoms. The Bertz CT molecular complexity index is 130. The maximum Gasteiger partial charge on any atom is 0.0568 e. The molecule has 0 amide bonds. The Kier molecular flexibility index (Phi) is 7.29. The molecule has 1 unspecified atom stereocenters. The van der Waals surface area contributed by atoms with Crippen LogP contribution in [0.4, 0.5) is 0 Å². The lowest BCUT2D eigenvalue weighted by Gasteiger charge is -2.04. The molecule has 0 aromatic carbocycles. The fourth-order valence-corrected chi connectivity index (χ4v) is 1.05. The lowest BCUT2D eigenvalue weighted by molar-refractivity contribution is 0.248. The summed E-state index contributed by atoms with van der Waals surface area (Å²) in [4.78, 5) is 0. The van der Waals surface area contributed by atoms with Crippen LogP contribution < -0.4 is 0 Å². The van der Waals surface area contributed by atoms with Gasteiger partial charge in [0.1, 0.15) is 0 Å². The van der Waals surface area contributed by atoms with Gasteiger partial charge in [0, 0.05) is 5.92 Å². The van der Waals surface area contributed by atoms with E-state index in [0.29, 0.717) is 0 Å². The molecule has 0 fully saturated rings. The van der Waals surface area contributed by atoms with E-state index in [2.05, 4.69) is 18.8 Å². The molecule has 64 valence electrons. The van der Waals surface area contributed by atoms with Crippen LogP contribution in [0.15, 0.2) is 0 Å². The first-order valence-corrected chi connectivity index (χ1v) is 4.38. The second kappa shape index (κ2) is 7.63. The summed E-state index contributed by atoms with van der Waals surface area (Å²) in [5.74, 6) is 6.04. The molecule has 1 nitrogen and oxygen atoms in total. The van der Waals surface area contributed by atoms with Crippen molar-refractivity contribution in [2.45, 2.75) is 39.5 Å². The SMILES string of the molecule is CC#CC(CO)CCCCC. The summed E-state index contributed by atoms with van der Waals surface area (Å²) in [5.41, 5.74) is 0. The fourth-order valence-electron chi connectivity index (χ4n) is 1.05. The van der Waals surface area contributed by atoms with E-state index in [9.17, 15) is 0 Å². The van der Waals surface area contributed by atoms with Crippen LogP contribution in [0.1, 0.15) is 39.5 Å². The number of aliphatic hydroxyl groups excluding tert-OH is 1. The van der Waals surface area contributed by atoms with Crippen molar-refractivity contribution < 1.29 is 5.11 Å². The van der Waals surface area contributed by atoms with Crippen LogP contribution in [0.3, 0.4) is 0 Å². The first-order chi connectivity index (χ1) is 5.35. The predicted molar refractivity (Wildman–Crippen MR) is 48.2 cm³/mol. The van der Waals surface area contributed by atoms with Gasteiger partial charge in [-0.3, -0.25) is 0 Å². The summed E-state index contributed by atoms with van der Waals surface area (Å²) in [6, 6.07) is 0. The third-order valence-electron chi connectivity index (χ3n) is 1.72. The van der Waals surface area contributed by atoms with Crippen LogP contribution in [0.2, 0.25) is 0 Å². The third-order valence-corrected chi connectivity index (χ3v) is 1.72. The minimum Gasteiger partial charge on any atom is -0.395 e. The average molecular weight is 154 g/mol. The van der Waals surface area contributed by atoms with E-state index in [1.165, 1.54) is 19.3 Å². The van der Waals surface area contributed by atoms with Gasteiger partial charge in [-0.15, -0.1) is 5.92 Å². The monoisotopic (exact) mass is 154 g/mol. The molecule has 0 heterocycles. The molecule has 0 aliphatic carbocycles. The van der Waals surface area contributed by atoms with Gasteiger partial charge < -0.3 is 5.11 Å². The summed E-state index contributed by atoms with van der Waals surface area (Å²) in [6.45, 7) is 4.21. The number of aliphatic hydroxyl groups is 1. The van der Waals surface area contributed by atoms with Crippen LogP contribution in [0.5, 0.6) is 0 Å². The Morgan fingerprint density at radius 1 is 1.36 bits per heavy atom. The molecule has 0 saturated carbocycles. The van der Waals surface area contributed by atoms with Crippen LogP contribution >= 0.6 is 0 Å². The summed E-state index contributed by atoms with van der Waals surface area (Å²) >= 11 is 0. The Morgan fingerprint density at radius 2 is 2.09 bits per heavy atom. The summed E-state index contributed by atoms with van der Waals surface area (Å²) < 4.78 is 0. The molecule has 0 aromatic heterocycles. The molecule has 0 saturated heterocycles. The molecule has 1 N–H and O–H groups in total. The maximum absolute atomic E-state index is 8.85. The lowest BCUT2D eigenvalue weighted by atomic mass is 10.0. The predicted octanol–water partition coefficient (Wildman–Crippen LogP) is 2.20. The normalized spacial score (nSPS) is 11.9. The highest BCUT2D eigenvalue weighted by Crippen LogP contribution is 2.07. The topological polar surface area (TPSA) is 20.2 Å². The number of rotatable bonds is 5. The lowest BCUT2D eigenvalue weighted by Crippen LogP contribution is -2.02. The Hall–Kier alpha value is -0.480. The van der Waals surface area contributed by atoms with Crippen molar-refractivity contribution in [3.8, 4) is 11.8 Å². The molecular weight excluding hydrogens is 136 g/mol. The largest absolute Gasteiger partial charge is 0.395 e. The fraction of sp³-hybridized carbons (Fsp3) is 0.800. The van der Waals surface area contributed by atoms with Gasteiger partial charge in [-0.25, -0.2) is 0 Å². The Balaban J connectivity index is 3.41. The van der Waals surface area contributed by atoms with Gasteiger partial charge in [-0.05, 0) is 13.3 Å². The third kappa shape index (κ3) is 5.94. The van der Waals surface area contributed by atoms with Crippen molar-refractivity contribution >= 4 is 0 Å². The average Bonchev–Trinajstić information content (AvgIpc) is 2.03. The van der Waals surface area contributed by atoms with Gasteiger partial charge in [0.15, 0.2) is 0 Å². The van der Waals surface area contributed by atoms with Crippen LogP contribution in [-0.4, -0.2) is 11.7 Å². The summed E-state index contributed by atoms with van der Waals surface area (Å²) in [7, 11) is 0. The number of hydrogen-bond donors (Lipinski definition) is 1. The molecule has 0 aliphatic rings. The highest BCUT2D eigenvalue weighted by atomic mass is 16.3. The molecule has 0 aromatic rings. The zero-order valence-electron chi connectivity index (χ0n) is 7.56. The molecule has 0 rings (SSSR count). The van der Waals surface area contributed by atoms with Crippen LogP contribution in [0.25, 0.3) is 0 Å². The smallest absolute Gasteiger partial charge is 0.0568 e. The standard InChI is InChI=1S/C10H18O/c1-3-5-6-8-10(9-11)7-4-2/h10-11H,3,5-6,8-9H2,1-2H3. The van der Waals surface area contributed by atoms with Crippen molar-refractivity contribution in [2.24, 2.45) is 5.92 Å². The van der Waals surface area contributed by atoms with E-state index in [0.717, 1.165) is 6.42 Å². The van der Waals surface area contributed by atoms with Gasteiger partial charge in [0.05, 0.1) is 6.61 Å². The van der Waals surface area contributed by atoms with Gasteiger partial charge in [0.25, 0.3) is 0 Å². The van der Waals surface area contributed by atoms with Crippen LogP contribution in [-0.2, 0) is 0 Å². The zero-order chi connectivity index (χ0) is 8.53. The van der Waals surface area contributed by atoms with Crippen molar-refractivity contribution in [2.75, 3.05) is 6.61 Å². The van der Waals surface area contributed by atoms with Crippen molar-refractivity contribution in [3.05, 3.63) is 0 Å². The minimum absolute atomic E-state index is 0.213. The number of hydrogen-bond acceptors (Lipinski definition) is 1. The van der Waals surface area contributed by atoms with Crippen molar-refractivity contribution in [1.82, 2.24) is 0 Å². The van der Waals surface area contributed by atoms with Gasteiger partial charge >= 0.3 is 0 Å². The zero-order valence-corrected chi connectivity index (χ0v) is 7.56. The van der Waals surface area contributed by atoms with Crippen molar-refractivity contribution in [3.63, 3.8) is 0 Å². The first kappa shape index (κ1) is 10.5. The highest BCUT2D eigenvalue weighted by molar-refractivity contribution is 5.00. The molecule has 1 atom stereocenters. The first-order valence-electron chi connectivity index (χ1n) is 4.38. The molecule has 11 heavy (non-hydrogen) atoms. The van der Waals surface area contributed by atoms with E-state index in [4.69, 9.17) is 5.11 Å². The van der Waals surface area contributed by atoms with E-state index in [-0.39, 0.29) is 12.5 Å². The Morgan fingerprint density at radius 3 is 2.55 bits per heavy atom. The molecular formula is C10H18O. The number of unbranched alkanes of at least 4 members (excludes halogenated alkanes) is 2. The van der Waals surface area contributed by atoms with E-state index in [1.54, 1.807) is 0 Å². The quantitative estimate of drug-likeness (QED) is 0.475. The summed E-state index contributed by atoms with van der Waals surface area (Å²) in [6.07, 6.45) is 4.72. The van der Waals surface area contributed by atoms with Gasteiger partial charge in [0.2, 0.25) is 0 Å². The van der Waals surface area contributed by atoms with Crippen molar-refractivity contribution in [1.29, 1.82) is 0 Å². The molecule has 0 aliphatic heterocycles. The minimum atomic E-state index is 0.213. The maximum atomic E-state index is 8.85. The van der Waals surface area contributed by atoms with Gasteiger partial charge in [-0.2, -0.15) is 0 Å². The summed E-state index contributed by atoms with van der Waals surface area (Å²) in [5, 5.41) is 8.85. The second-order valence-electron chi connectivity index (χ2n) is 2.77. The molecule has 1 heteroatoms. The van der Waals surface area contributed by atoms with E-state index in [1.807, 2.05) is 6.92 Å². The molecule has 0 spiro atoms. The highest BCUT2D eigenvalue weighted by Gasteiger charge is 2.01. The van der Waals surface area contributed by atoms with E-state index < -0.39 is 0 Å². The van der Waals surface area contributed by atoms with Crippen LogP contribution in [0, 0.1) is 17.8 Å². The molecule has 0 radical (unpaired) electrons. The Labute approximate surface area is 69.8 Å². The van der Waals surface area contributed by atoms with E-state index >= 15 is 0 Å².